The van der Waals surface area contributed by atoms with Crippen molar-refractivity contribution in [3.63, 3.8) is 0 Å². The van der Waals surface area contributed by atoms with Gasteiger partial charge in [0.05, 0.1) is 18.8 Å². The van der Waals surface area contributed by atoms with Gasteiger partial charge in [0, 0.05) is 19.4 Å². The lowest BCUT2D eigenvalue weighted by Crippen LogP contribution is -2.10. The molecule has 22 heavy (non-hydrogen) atoms. The van der Waals surface area contributed by atoms with E-state index < -0.39 is 11.9 Å². The average Bonchev–Trinajstić information content (AvgIpc) is 2.54. The predicted octanol–water partition coefficient (Wildman–Crippen LogP) is 1.19. The first-order valence-corrected chi connectivity index (χ1v) is 7.12. The van der Waals surface area contributed by atoms with Crippen LogP contribution in [-0.4, -0.2) is 53.6 Å². The number of ether oxygens (including phenoxy) is 2. The highest BCUT2D eigenvalue weighted by molar-refractivity contribution is 5.93. The molecule has 124 valence electrons. The van der Waals surface area contributed by atoms with Crippen LogP contribution in [0.15, 0.2) is 18.3 Å². The Morgan fingerprint density at radius 1 is 1.05 bits per heavy atom. The van der Waals surface area contributed by atoms with Crippen molar-refractivity contribution in [3.8, 4) is 0 Å². The lowest BCUT2D eigenvalue weighted by Gasteiger charge is -2.03. The number of rotatable bonds is 7. The van der Waals surface area contributed by atoms with Crippen LogP contribution in [0.2, 0.25) is 0 Å². The van der Waals surface area contributed by atoms with E-state index in [0.29, 0.717) is 5.56 Å². The number of pyridine rings is 1. The Morgan fingerprint density at radius 3 is 2.09 bits per heavy atom. The summed E-state index contributed by atoms with van der Waals surface area (Å²) >= 11 is 0. The highest BCUT2D eigenvalue weighted by Gasteiger charge is 2.12. The molecular weight excluding hydrogens is 290 g/mol. The van der Waals surface area contributed by atoms with Gasteiger partial charge in [0.25, 0.3) is 0 Å². The van der Waals surface area contributed by atoms with Crippen LogP contribution in [0.5, 0.6) is 0 Å². The van der Waals surface area contributed by atoms with Crippen LogP contribution in [0.4, 0.5) is 0 Å². The van der Waals surface area contributed by atoms with Gasteiger partial charge >= 0.3 is 11.9 Å². The number of carbonyl (C=O) groups is 2. The van der Waals surface area contributed by atoms with E-state index in [1.807, 2.05) is 0 Å². The van der Waals surface area contributed by atoms with Gasteiger partial charge in [-0.1, -0.05) is 0 Å². The number of aliphatic hydroxyl groups is 2. The zero-order valence-corrected chi connectivity index (χ0v) is 12.9. The summed E-state index contributed by atoms with van der Waals surface area (Å²) in [5, 5.41) is 16.2. The molecule has 0 aliphatic rings. The first-order valence-electron chi connectivity index (χ1n) is 7.12. The van der Waals surface area contributed by atoms with Crippen molar-refractivity contribution in [2.24, 2.45) is 0 Å². The molecule has 0 aromatic carbocycles. The third kappa shape index (κ3) is 8.33. The van der Waals surface area contributed by atoms with Gasteiger partial charge in [-0.15, -0.1) is 0 Å². The molecule has 0 unspecified atom stereocenters. The molecule has 0 saturated carbocycles. The fourth-order valence-corrected chi connectivity index (χ4v) is 1.31. The van der Waals surface area contributed by atoms with E-state index in [2.05, 4.69) is 4.98 Å². The fourth-order valence-electron chi connectivity index (χ4n) is 1.31. The molecule has 1 rings (SSSR count). The molecule has 0 radical (unpaired) electrons. The van der Waals surface area contributed by atoms with E-state index in [1.165, 1.54) is 18.3 Å². The van der Waals surface area contributed by atoms with Crippen molar-refractivity contribution in [1.82, 2.24) is 4.98 Å². The number of unbranched alkanes of at least 4 members (excludes halogenated alkanes) is 1. The Labute approximate surface area is 129 Å². The van der Waals surface area contributed by atoms with Gasteiger partial charge in [-0.25, -0.2) is 14.6 Å². The molecule has 2 N–H and O–H groups in total. The smallest absolute Gasteiger partial charge is 0.356 e. The minimum absolute atomic E-state index is 0.104. The van der Waals surface area contributed by atoms with Gasteiger partial charge < -0.3 is 19.7 Å². The molecule has 1 aromatic rings. The molecule has 7 nitrogen and oxygen atoms in total. The van der Waals surface area contributed by atoms with Crippen LogP contribution < -0.4 is 0 Å². The minimum atomic E-state index is -0.548. The van der Waals surface area contributed by atoms with E-state index >= 15 is 0 Å². The molecule has 0 atom stereocenters. The van der Waals surface area contributed by atoms with Gasteiger partial charge in [-0.2, -0.15) is 0 Å². The maximum Gasteiger partial charge on any atom is 0.356 e. The summed E-state index contributed by atoms with van der Waals surface area (Å²) in [6.45, 7) is 4.36. The van der Waals surface area contributed by atoms with Crippen molar-refractivity contribution in [3.05, 3.63) is 29.6 Å². The number of esters is 2. The molecule has 0 fully saturated rings. The first-order chi connectivity index (χ1) is 10.6. The van der Waals surface area contributed by atoms with Crippen molar-refractivity contribution in [2.75, 3.05) is 26.4 Å². The maximum absolute atomic E-state index is 11.4. The molecule has 1 heterocycles. The van der Waals surface area contributed by atoms with Crippen molar-refractivity contribution in [2.45, 2.75) is 26.7 Å². The lowest BCUT2D eigenvalue weighted by molar-refractivity contribution is 0.0519. The lowest BCUT2D eigenvalue weighted by atomic mass is 10.2. The molecule has 0 bridgehead atoms. The Hall–Kier alpha value is -1.99. The van der Waals surface area contributed by atoms with E-state index in [0.717, 1.165) is 12.8 Å². The van der Waals surface area contributed by atoms with Gasteiger partial charge in [-0.3, -0.25) is 0 Å². The van der Waals surface area contributed by atoms with E-state index in [-0.39, 0.29) is 32.1 Å². The minimum Gasteiger partial charge on any atom is -0.462 e. The summed E-state index contributed by atoms with van der Waals surface area (Å²) in [4.78, 5) is 26.5. The molecule has 7 heteroatoms. The summed E-state index contributed by atoms with van der Waals surface area (Å²) in [5.41, 5.74) is 0.396. The number of carbonyl (C=O) groups excluding carboxylic acids is 2. The standard InChI is InChI=1S/C11H13NO4.C4H10O2/c1-3-15-10(13)8-5-6-12-9(7-8)11(14)16-4-2;5-3-1-2-4-6/h5-7H,3-4H2,1-2H3;5-6H,1-4H2. The van der Waals surface area contributed by atoms with Crippen LogP contribution in [0.1, 0.15) is 47.5 Å². The van der Waals surface area contributed by atoms with Crippen molar-refractivity contribution >= 4 is 11.9 Å². The Bertz CT molecular complexity index is 412. The molecular formula is C15H23NO6. The number of aromatic nitrogens is 1. The summed E-state index contributed by atoms with van der Waals surface area (Å²) in [6, 6.07) is 2.84. The molecule has 0 aliphatic heterocycles. The number of hydrogen-bond acceptors (Lipinski definition) is 7. The second-order valence-corrected chi connectivity index (χ2v) is 4.03. The van der Waals surface area contributed by atoms with Crippen LogP contribution in [0.25, 0.3) is 0 Å². The number of nitrogens with zero attached hydrogens (tertiary/aromatic N) is 1. The second-order valence-electron chi connectivity index (χ2n) is 4.03. The van der Waals surface area contributed by atoms with E-state index in [4.69, 9.17) is 19.7 Å². The molecule has 0 aliphatic carbocycles. The third-order valence-corrected chi connectivity index (χ3v) is 2.32. The average molecular weight is 313 g/mol. The second kappa shape index (κ2) is 12.7. The Balaban J connectivity index is 0.000000626. The molecule has 0 saturated heterocycles. The largest absolute Gasteiger partial charge is 0.462 e. The Morgan fingerprint density at radius 2 is 1.59 bits per heavy atom. The van der Waals surface area contributed by atoms with Crippen molar-refractivity contribution in [1.29, 1.82) is 0 Å². The summed E-state index contributed by atoms with van der Waals surface area (Å²) in [6.07, 6.45) is 2.81. The van der Waals surface area contributed by atoms with Crippen LogP contribution >= 0.6 is 0 Å². The summed E-state index contributed by atoms with van der Waals surface area (Å²) < 4.78 is 9.57. The summed E-state index contributed by atoms with van der Waals surface area (Å²) in [7, 11) is 0. The van der Waals surface area contributed by atoms with Crippen molar-refractivity contribution < 1.29 is 29.3 Å². The van der Waals surface area contributed by atoms with Gasteiger partial charge in [0.2, 0.25) is 0 Å². The van der Waals surface area contributed by atoms with Crippen LogP contribution in [0.3, 0.4) is 0 Å². The molecule has 1 aromatic heterocycles. The molecule has 0 spiro atoms. The normalized spacial score (nSPS) is 9.45. The van der Waals surface area contributed by atoms with Gasteiger partial charge in [0.1, 0.15) is 5.69 Å². The highest BCUT2D eigenvalue weighted by atomic mass is 16.5. The SMILES string of the molecule is CCOC(=O)c1ccnc(C(=O)OCC)c1.OCCCCO. The zero-order chi connectivity index (χ0) is 16.8. The number of aliphatic hydroxyl groups excluding tert-OH is 2. The van der Waals surface area contributed by atoms with Crippen LogP contribution in [0, 0.1) is 0 Å². The highest BCUT2D eigenvalue weighted by Crippen LogP contribution is 2.05. The third-order valence-electron chi connectivity index (χ3n) is 2.32. The zero-order valence-electron chi connectivity index (χ0n) is 12.9. The van der Waals surface area contributed by atoms with E-state index in [9.17, 15) is 9.59 Å². The van der Waals surface area contributed by atoms with Gasteiger partial charge in [0.15, 0.2) is 0 Å². The topological polar surface area (TPSA) is 106 Å². The Kier molecular flexibility index (Phi) is 11.6. The predicted molar refractivity (Wildman–Crippen MR) is 79.6 cm³/mol. The number of hydrogen-bond donors (Lipinski definition) is 2. The summed E-state index contributed by atoms with van der Waals surface area (Å²) in [5.74, 6) is -1.02. The van der Waals surface area contributed by atoms with E-state index in [1.54, 1.807) is 13.8 Å². The monoisotopic (exact) mass is 313 g/mol. The quantitative estimate of drug-likeness (QED) is 0.575. The fraction of sp³-hybridized carbons (Fsp3) is 0.533. The molecule has 0 amide bonds. The van der Waals surface area contributed by atoms with Crippen LogP contribution in [-0.2, 0) is 9.47 Å². The first kappa shape index (κ1) is 20.0. The van der Waals surface area contributed by atoms with Gasteiger partial charge in [-0.05, 0) is 38.8 Å². The maximum atomic E-state index is 11.4.